The number of hydrogen-bond acceptors (Lipinski definition) is 4. The van der Waals surface area contributed by atoms with Crippen LogP contribution < -0.4 is 5.32 Å². The van der Waals surface area contributed by atoms with Gasteiger partial charge in [0.15, 0.2) is 6.10 Å². The molecule has 1 heterocycles. The third-order valence-electron chi connectivity index (χ3n) is 3.40. The molecule has 24 heavy (non-hydrogen) atoms. The average Bonchev–Trinajstić information content (AvgIpc) is 2.56. The number of nitrogens with one attached hydrogen (secondary N) is 1. The number of aromatic nitrogens is 1. The highest BCUT2D eigenvalue weighted by atomic mass is 35.5. The van der Waals surface area contributed by atoms with E-state index in [9.17, 15) is 9.59 Å². The maximum Gasteiger partial charge on any atom is 0.339 e. The Hall–Kier alpha value is -2.11. The Labute approximate surface area is 149 Å². The summed E-state index contributed by atoms with van der Waals surface area (Å²) in [6.07, 6.45) is 0.800. The fraction of sp³-hybridized carbons (Fsp3) is 0.235. The van der Waals surface area contributed by atoms with Crippen molar-refractivity contribution >= 4 is 40.8 Å². The van der Waals surface area contributed by atoms with E-state index in [1.54, 1.807) is 32.0 Å². The van der Waals surface area contributed by atoms with Crippen molar-refractivity contribution < 1.29 is 14.3 Å². The van der Waals surface area contributed by atoms with Crippen LogP contribution in [-0.4, -0.2) is 23.0 Å². The van der Waals surface area contributed by atoms with E-state index < -0.39 is 18.0 Å². The fourth-order valence-electron chi connectivity index (χ4n) is 2.01. The highest BCUT2D eigenvalue weighted by molar-refractivity contribution is 6.31. The van der Waals surface area contributed by atoms with E-state index in [4.69, 9.17) is 27.9 Å². The van der Waals surface area contributed by atoms with Gasteiger partial charge in [0, 0.05) is 16.9 Å². The lowest BCUT2D eigenvalue weighted by Crippen LogP contribution is -2.32. The molecule has 0 radical (unpaired) electrons. The van der Waals surface area contributed by atoms with Crippen molar-refractivity contribution in [1.29, 1.82) is 0 Å². The van der Waals surface area contributed by atoms with Gasteiger partial charge < -0.3 is 10.1 Å². The Morgan fingerprint density at radius 3 is 2.71 bits per heavy atom. The van der Waals surface area contributed by atoms with Gasteiger partial charge in [0.25, 0.3) is 5.91 Å². The maximum absolute atomic E-state index is 12.4. The van der Waals surface area contributed by atoms with Crippen LogP contribution in [0.1, 0.15) is 29.3 Å². The zero-order valence-electron chi connectivity index (χ0n) is 13.2. The smallest absolute Gasteiger partial charge is 0.339 e. The standard InChI is InChI=1S/C17H16Cl2N2O3/c1-3-14(24-17(23)11-7-8-20-15(19)9-11)16(22)21-13-6-4-5-12(18)10(13)2/h4-9,14H,3H2,1-2H3,(H,21,22). The molecule has 126 valence electrons. The van der Waals surface area contributed by atoms with Crippen molar-refractivity contribution in [3.05, 3.63) is 57.8 Å². The van der Waals surface area contributed by atoms with Crippen LogP contribution in [0.3, 0.4) is 0 Å². The van der Waals surface area contributed by atoms with E-state index >= 15 is 0 Å². The molecular weight excluding hydrogens is 351 g/mol. The number of anilines is 1. The molecule has 0 saturated heterocycles. The number of carbonyl (C=O) groups is 2. The van der Waals surface area contributed by atoms with E-state index in [-0.39, 0.29) is 10.7 Å². The molecule has 0 fully saturated rings. The molecule has 0 aliphatic carbocycles. The number of nitrogens with zero attached hydrogens (tertiary/aromatic N) is 1. The van der Waals surface area contributed by atoms with E-state index in [2.05, 4.69) is 10.3 Å². The summed E-state index contributed by atoms with van der Waals surface area (Å²) in [6.45, 7) is 3.55. The third kappa shape index (κ3) is 4.46. The van der Waals surface area contributed by atoms with E-state index in [1.165, 1.54) is 18.3 Å². The number of benzene rings is 1. The monoisotopic (exact) mass is 366 g/mol. The summed E-state index contributed by atoms with van der Waals surface area (Å²) in [5, 5.41) is 3.45. The van der Waals surface area contributed by atoms with Crippen molar-refractivity contribution in [2.24, 2.45) is 0 Å². The quantitative estimate of drug-likeness (QED) is 0.633. The van der Waals surface area contributed by atoms with Crippen molar-refractivity contribution in [1.82, 2.24) is 4.98 Å². The van der Waals surface area contributed by atoms with Crippen LogP contribution in [0.15, 0.2) is 36.5 Å². The van der Waals surface area contributed by atoms with Crippen LogP contribution >= 0.6 is 23.2 Å². The first-order valence-corrected chi connectivity index (χ1v) is 8.06. The van der Waals surface area contributed by atoms with Crippen molar-refractivity contribution in [2.75, 3.05) is 5.32 Å². The highest BCUT2D eigenvalue weighted by Gasteiger charge is 2.23. The minimum atomic E-state index is -0.928. The van der Waals surface area contributed by atoms with E-state index in [1.807, 2.05) is 0 Å². The second kappa shape index (κ2) is 8.13. The molecule has 0 saturated carbocycles. The molecule has 0 aliphatic rings. The number of amides is 1. The number of esters is 1. The fourth-order valence-corrected chi connectivity index (χ4v) is 2.35. The summed E-state index contributed by atoms with van der Waals surface area (Å²) < 4.78 is 5.27. The molecule has 0 aliphatic heterocycles. The Bertz CT molecular complexity index is 765. The zero-order chi connectivity index (χ0) is 17.7. The molecule has 2 rings (SSSR count). The van der Waals surface area contributed by atoms with Gasteiger partial charge >= 0.3 is 5.97 Å². The van der Waals surface area contributed by atoms with Crippen LogP contribution in [-0.2, 0) is 9.53 Å². The second-order valence-electron chi connectivity index (χ2n) is 5.07. The Kier molecular flexibility index (Phi) is 6.17. The van der Waals surface area contributed by atoms with Crippen LogP contribution in [0, 0.1) is 6.92 Å². The van der Waals surface area contributed by atoms with E-state index in [0.717, 1.165) is 5.56 Å². The molecule has 2 aromatic rings. The van der Waals surface area contributed by atoms with Crippen LogP contribution in [0.25, 0.3) is 0 Å². The zero-order valence-corrected chi connectivity index (χ0v) is 14.7. The largest absolute Gasteiger partial charge is 0.449 e. The predicted molar refractivity (Wildman–Crippen MR) is 93.6 cm³/mol. The first-order chi connectivity index (χ1) is 11.4. The molecule has 1 unspecified atom stereocenters. The SMILES string of the molecule is CCC(OC(=O)c1ccnc(Cl)c1)C(=O)Nc1cccc(Cl)c1C. The molecule has 7 heteroatoms. The average molecular weight is 367 g/mol. The molecule has 1 atom stereocenters. The number of ether oxygens (including phenoxy) is 1. The van der Waals surface area contributed by atoms with Gasteiger partial charge in [0.2, 0.25) is 0 Å². The second-order valence-corrected chi connectivity index (χ2v) is 5.87. The lowest BCUT2D eigenvalue weighted by atomic mass is 10.2. The number of hydrogen-bond donors (Lipinski definition) is 1. The Balaban J connectivity index is 2.09. The molecule has 1 aromatic heterocycles. The summed E-state index contributed by atoms with van der Waals surface area (Å²) in [6, 6.07) is 8.06. The van der Waals surface area contributed by atoms with Gasteiger partial charge in [-0.05, 0) is 43.2 Å². The first-order valence-electron chi connectivity index (χ1n) is 7.31. The van der Waals surface area contributed by atoms with Gasteiger partial charge in [0.1, 0.15) is 5.15 Å². The van der Waals surface area contributed by atoms with Crippen molar-refractivity contribution in [2.45, 2.75) is 26.4 Å². The predicted octanol–water partition coefficient (Wildman–Crippen LogP) is 4.27. The Morgan fingerprint density at radius 2 is 2.04 bits per heavy atom. The van der Waals surface area contributed by atoms with Gasteiger partial charge in [-0.25, -0.2) is 9.78 Å². The Morgan fingerprint density at radius 1 is 1.29 bits per heavy atom. The highest BCUT2D eigenvalue weighted by Crippen LogP contribution is 2.23. The summed E-state index contributed by atoms with van der Waals surface area (Å²) in [4.78, 5) is 28.3. The van der Waals surface area contributed by atoms with Crippen LogP contribution in [0.2, 0.25) is 10.2 Å². The van der Waals surface area contributed by atoms with Crippen molar-refractivity contribution in [3.8, 4) is 0 Å². The van der Waals surface area contributed by atoms with Gasteiger partial charge in [-0.15, -0.1) is 0 Å². The van der Waals surface area contributed by atoms with Gasteiger partial charge in [-0.2, -0.15) is 0 Å². The van der Waals surface area contributed by atoms with Gasteiger partial charge in [-0.1, -0.05) is 36.2 Å². The molecule has 1 amide bonds. The lowest BCUT2D eigenvalue weighted by Gasteiger charge is -2.17. The summed E-state index contributed by atoms with van der Waals surface area (Å²) in [5.41, 5.74) is 1.56. The molecule has 1 N–H and O–H groups in total. The van der Waals surface area contributed by atoms with Crippen LogP contribution in [0.5, 0.6) is 0 Å². The van der Waals surface area contributed by atoms with E-state index in [0.29, 0.717) is 17.1 Å². The van der Waals surface area contributed by atoms with Gasteiger partial charge in [0.05, 0.1) is 5.56 Å². The number of pyridine rings is 1. The summed E-state index contributed by atoms with van der Waals surface area (Å²) in [5.74, 6) is -1.06. The summed E-state index contributed by atoms with van der Waals surface area (Å²) >= 11 is 11.8. The summed E-state index contributed by atoms with van der Waals surface area (Å²) in [7, 11) is 0. The minimum absolute atomic E-state index is 0.177. The molecule has 5 nitrogen and oxygen atoms in total. The first kappa shape index (κ1) is 18.2. The molecular formula is C17H16Cl2N2O3. The lowest BCUT2D eigenvalue weighted by molar-refractivity contribution is -0.124. The normalized spacial score (nSPS) is 11.7. The number of halogens is 2. The van der Waals surface area contributed by atoms with Crippen molar-refractivity contribution in [3.63, 3.8) is 0 Å². The number of carbonyl (C=O) groups excluding carboxylic acids is 2. The topological polar surface area (TPSA) is 68.3 Å². The number of rotatable bonds is 5. The maximum atomic E-state index is 12.4. The van der Waals surface area contributed by atoms with Crippen LogP contribution in [0.4, 0.5) is 5.69 Å². The molecule has 1 aromatic carbocycles. The molecule has 0 spiro atoms. The van der Waals surface area contributed by atoms with Gasteiger partial charge in [-0.3, -0.25) is 4.79 Å². The third-order valence-corrected chi connectivity index (χ3v) is 4.02. The molecule has 0 bridgehead atoms. The minimum Gasteiger partial charge on any atom is -0.449 e.